The van der Waals surface area contributed by atoms with Crippen LogP contribution in [-0.4, -0.2) is 70.2 Å². The number of aliphatic hydroxyl groups excluding tert-OH is 1. The van der Waals surface area contributed by atoms with E-state index in [1.54, 1.807) is 6.07 Å². The molecule has 4 rings (SSSR count). The van der Waals surface area contributed by atoms with Crippen molar-refractivity contribution >= 4 is 51.2 Å². The number of carbonyl (C=O) groups is 1. The standard InChI is InChI=1S/C22H26ClN7O2S/c1-14-4-3-5-16(23)19(14)27-21(32)18-13-25-22(33-18)28-20-17(12-24-15(2)26-20)30-8-6-29(7-9-30)10-11-31/h3-5,12-13,31H,6-11H2,1-2H3,(H,27,32)(H,24,25,26,28). The van der Waals surface area contributed by atoms with Crippen LogP contribution in [0, 0.1) is 13.8 Å². The topological polar surface area (TPSA) is 107 Å². The van der Waals surface area contributed by atoms with E-state index in [2.05, 4.69) is 35.4 Å². The number of aliphatic hydroxyl groups is 1. The molecule has 0 saturated carbocycles. The fourth-order valence-corrected chi connectivity index (χ4v) is 4.62. The first kappa shape index (κ1) is 23.4. The van der Waals surface area contributed by atoms with Crippen LogP contribution in [0.4, 0.5) is 22.3 Å². The summed E-state index contributed by atoms with van der Waals surface area (Å²) in [5, 5.41) is 16.4. The number of thiazole rings is 1. The molecule has 3 N–H and O–H groups in total. The predicted octanol–water partition coefficient (Wildman–Crippen LogP) is 3.31. The highest BCUT2D eigenvalue weighted by Crippen LogP contribution is 2.31. The number of nitrogens with one attached hydrogen (secondary N) is 2. The number of nitrogens with zero attached hydrogens (tertiary/aromatic N) is 5. The molecule has 174 valence electrons. The SMILES string of the molecule is Cc1ncc(N2CCN(CCO)CC2)c(Nc2ncc(C(=O)Nc3c(C)cccc3Cl)s2)n1. The number of hydrogen-bond donors (Lipinski definition) is 3. The second-order valence-electron chi connectivity index (χ2n) is 7.74. The third-order valence-electron chi connectivity index (χ3n) is 5.43. The number of para-hydroxylation sites is 1. The number of hydrogen-bond acceptors (Lipinski definition) is 9. The van der Waals surface area contributed by atoms with Gasteiger partial charge in [0.2, 0.25) is 0 Å². The van der Waals surface area contributed by atoms with Crippen molar-refractivity contribution in [2.45, 2.75) is 13.8 Å². The van der Waals surface area contributed by atoms with Crippen LogP contribution in [0.5, 0.6) is 0 Å². The first-order valence-electron chi connectivity index (χ1n) is 10.7. The average molecular weight is 488 g/mol. The number of β-amino-alcohol motifs (C(OH)–C–C–N with tert-alkyl or cyclic N) is 1. The normalized spacial score (nSPS) is 14.4. The van der Waals surface area contributed by atoms with Gasteiger partial charge >= 0.3 is 0 Å². The molecule has 0 atom stereocenters. The zero-order chi connectivity index (χ0) is 23.4. The number of anilines is 4. The molecule has 0 bridgehead atoms. The smallest absolute Gasteiger partial charge is 0.267 e. The number of halogens is 1. The summed E-state index contributed by atoms with van der Waals surface area (Å²) in [6, 6.07) is 5.48. The van der Waals surface area contributed by atoms with Crippen molar-refractivity contribution in [3.05, 3.63) is 51.9 Å². The minimum Gasteiger partial charge on any atom is -0.395 e. The molecule has 0 spiro atoms. The molecule has 0 radical (unpaired) electrons. The van der Waals surface area contributed by atoms with E-state index in [0.717, 1.165) is 37.4 Å². The zero-order valence-corrected chi connectivity index (χ0v) is 20.1. The summed E-state index contributed by atoms with van der Waals surface area (Å²) >= 11 is 7.48. The Labute approximate surface area is 201 Å². The molecule has 1 aliphatic heterocycles. The lowest BCUT2D eigenvalue weighted by Gasteiger charge is -2.36. The summed E-state index contributed by atoms with van der Waals surface area (Å²) < 4.78 is 0. The van der Waals surface area contributed by atoms with Crippen molar-refractivity contribution in [3.63, 3.8) is 0 Å². The summed E-state index contributed by atoms with van der Waals surface area (Å²) in [5.41, 5.74) is 2.37. The summed E-state index contributed by atoms with van der Waals surface area (Å²) in [6.07, 6.45) is 3.35. The van der Waals surface area contributed by atoms with Crippen molar-refractivity contribution in [1.29, 1.82) is 0 Å². The maximum absolute atomic E-state index is 12.8. The molecule has 0 unspecified atom stereocenters. The molecular formula is C22H26ClN7O2S. The molecule has 0 aliphatic carbocycles. The third-order valence-corrected chi connectivity index (χ3v) is 6.66. The monoisotopic (exact) mass is 487 g/mol. The number of piperazine rings is 1. The molecule has 3 aromatic rings. The lowest BCUT2D eigenvalue weighted by Crippen LogP contribution is -2.47. The number of benzene rings is 1. The second-order valence-corrected chi connectivity index (χ2v) is 9.18. The van der Waals surface area contributed by atoms with Gasteiger partial charge in [-0.3, -0.25) is 9.69 Å². The van der Waals surface area contributed by atoms with Crippen LogP contribution in [0.25, 0.3) is 0 Å². The molecule has 3 heterocycles. The molecule has 33 heavy (non-hydrogen) atoms. The van der Waals surface area contributed by atoms with Crippen LogP contribution >= 0.6 is 22.9 Å². The van der Waals surface area contributed by atoms with E-state index in [0.29, 0.717) is 38.9 Å². The van der Waals surface area contributed by atoms with E-state index in [-0.39, 0.29) is 12.5 Å². The van der Waals surface area contributed by atoms with Crippen molar-refractivity contribution in [3.8, 4) is 0 Å². The quantitative estimate of drug-likeness (QED) is 0.466. The van der Waals surface area contributed by atoms with E-state index in [1.807, 2.05) is 32.2 Å². The Morgan fingerprint density at radius 3 is 2.70 bits per heavy atom. The van der Waals surface area contributed by atoms with Crippen LogP contribution in [0.2, 0.25) is 5.02 Å². The predicted molar refractivity (Wildman–Crippen MR) is 132 cm³/mol. The Balaban J connectivity index is 1.48. The van der Waals surface area contributed by atoms with Gasteiger partial charge in [-0.15, -0.1) is 0 Å². The number of carbonyl (C=O) groups excluding carboxylic acids is 1. The number of aromatic nitrogens is 3. The number of amides is 1. The van der Waals surface area contributed by atoms with E-state index >= 15 is 0 Å². The van der Waals surface area contributed by atoms with Gasteiger partial charge in [0.25, 0.3) is 5.91 Å². The first-order valence-corrected chi connectivity index (χ1v) is 11.8. The van der Waals surface area contributed by atoms with Gasteiger partial charge in [0.15, 0.2) is 10.9 Å². The van der Waals surface area contributed by atoms with Gasteiger partial charge in [0.1, 0.15) is 10.7 Å². The van der Waals surface area contributed by atoms with Crippen LogP contribution in [0.15, 0.2) is 30.6 Å². The first-order chi connectivity index (χ1) is 15.9. The van der Waals surface area contributed by atoms with Gasteiger partial charge in [-0.05, 0) is 25.5 Å². The van der Waals surface area contributed by atoms with Crippen molar-refractivity contribution in [1.82, 2.24) is 19.9 Å². The van der Waals surface area contributed by atoms with Crippen molar-refractivity contribution in [2.75, 3.05) is 54.9 Å². The Kier molecular flexibility index (Phi) is 7.39. The van der Waals surface area contributed by atoms with Gasteiger partial charge in [-0.25, -0.2) is 15.0 Å². The average Bonchev–Trinajstić information content (AvgIpc) is 3.26. The number of rotatable bonds is 7. The summed E-state index contributed by atoms with van der Waals surface area (Å²) in [5.74, 6) is 1.03. The van der Waals surface area contributed by atoms with Crippen LogP contribution < -0.4 is 15.5 Å². The Morgan fingerprint density at radius 2 is 1.97 bits per heavy atom. The highest BCUT2D eigenvalue weighted by atomic mass is 35.5. The van der Waals surface area contributed by atoms with Gasteiger partial charge in [0, 0.05) is 32.7 Å². The largest absolute Gasteiger partial charge is 0.395 e. The lowest BCUT2D eigenvalue weighted by atomic mass is 10.2. The molecular weight excluding hydrogens is 462 g/mol. The van der Waals surface area contributed by atoms with E-state index in [4.69, 9.17) is 16.7 Å². The summed E-state index contributed by atoms with van der Waals surface area (Å²) in [6.45, 7) is 7.91. The highest BCUT2D eigenvalue weighted by molar-refractivity contribution is 7.17. The molecule has 1 aliphatic rings. The minimum atomic E-state index is -0.268. The van der Waals surface area contributed by atoms with E-state index in [9.17, 15) is 4.79 Å². The maximum Gasteiger partial charge on any atom is 0.267 e. The number of aryl methyl sites for hydroxylation is 2. The lowest BCUT2D eigenvalue weighted by molar-refractivity contribution is 0.103. The van der Waals surface area contributed by atoms with Crippen LogP contribution in [0.1, 0.15) is 21.1 Å². The van der Waals surface area contributed by atoms with Gasteiger partial charge < -0.3 is 20.6 Å². The summed E-state index contributed by atoms with van der Waals surface area (Å²) in [4.78, 5) is 31.0. The molecule has 1 fully saturated rings. The molecule has 11 heteroatoms. The Hall–Kier alpha value is -2.79. The van der Waals surface area contributed by atoms with Gasteiger partial charge in [-0.1, -0.05) is 35.1 Å². The van der Waals surface area contributed by atoms with Gasteiger partial charge in [0.05, 0.1) is 35.4 Å². The van der Waals surface area contributed by atoms with E-state index in [1.165, 1.54) is 17.5 Å². The third kappa shape index (κ3) is 5.59. The zero-order valence-electron chi connectivity index (χ0n) is 18.5. The molecule has 1 aromatic carbocycles. The highest BCUT2D eigenvalue weighted by Gasteiger charge is 2.21. The molecule has 2 aromatic heterocycles. The van der Waals surface area contributed by atoms with Crippen LogP contribution in [-0.2, 0) is 0 Å². The van der Waals surface area contributed by atoms with Crippen molar-refractivity contribution in [2.24, 2.45) is 0 Å². The molecule has 1 amide bonds. The Bertz CT molecular complexity index is 1110. The van der Waals surface area contributed by atoms with E-state index < -0.39 is 0 Å². The fraction of sp³-hybridized carbons (Fsp3) is 0.364. The fourth-order valence-electron chi connectivity index (χ4n) is 3.64. The van der Waals surface area contributed by atoms with Crippen LogP contribution in [0.3, 0.4) is 0 Å². The minimum absolute atomic E-state index is 0.163. The van der Waals surface area contributed by atoms with Gasteiger partial charge in [-0.2, -0.15) is 0 Å². The maximum atomic E-state index is 12.8. The Morgan fingerprint density at radius 1 is 1.18 bits per heavy atom. The second kappa shape index (κ2) is 10.4. The summed E-state index contributed by atoms with van der Waals surface area (Å²) in [7, 11) is 0. The molecule has 1 saturated heterocycles. The molecule has 9 nitrogen and oxygen atoms in total. The van der Waals surface area contributed by atoms with Crippen molar-refractivity contribution < 1.29 is 9.90 Å².